The van der Waals surface area contributed by atoms with Gasteiger partial charge in [0.1, 0.15) is 17.0 Å². The second kappa shape index (κ2) is 9.26. The van der Waals surface area contributed by atoms with Crippen molar-refractivity contribution in [3.8, 4) is 11.8 Å². The van der Waals surface area contributed by atoms with E-state index in [1.165, 1.54) is 12.1 Å². The molecule has 0 unspecified atom stereocenters. The third-order valence-corrected chi connectivity index (χ3v) is 3.60. The third kappa shape index (κ3) is 5.36. The Morgan fingerprint density at radius 3 is 2.50 bits per heavy atom. The zero-order valence-corrected chi connectivity index (χ0v) is 16.8. The maximum atomic E-state index is 12.6. The fraction of sp³-hybridized carbons (Fsp3) is 0.158. The Balaban J connectivity index is 0.00000280. The van der Waals surface area contributed by atoms with Gasteiger partial charge in [0.15, 0.2) is 0 Å². The number of alkyl halides is 3. The van der Waals surface area contributed by atoms with E-state index in [1.54, 1.807) is 28.8 Å². The molecule has 0 aliphatic heterocycles. The van der Waals surface area contributed by atoms with Gasteiger partial charge in [-0.25, -0.2) is 4.98 Å². The first-order chi connectivity index (χ1) is 12.8. The molecule has 5 nitrogen and oxygen atoms in total. The van der Waals surface area contributed by atoms with Crippen molar-refractivity contribution in [2.45, 2.75) is 12.8 Å². The number of carbonyl (C=O) groups is 1. The van der Waals surface area contributed by atoms with Gasteiger partial charge in [0.25, 0.3) is 0 Å². The molecule has 28 heavy (non-hydrogen) atoms. The van der Waals surface area contributed by atoms with Gasteiger partial charge in [0.2, 0.25) is 0 Å². The number of ether oxygens (including phenoxy) is 1. The van der Waals surface area contributed by atoms with Gasteiger partial charge >= 0.3 is 35.7 Å². The number of carboxylic acid groups (broad SMARTS) is 1. The molecular formula is C19H12F3N2NaO3. The number of carboxylic acids is 1. The molecule has 0 bridgehead atoms. The second-order valence-electron chi connectivity index (χ2n) is 5.53. The molecule has 0 fully saturated rings. The Bertz CT molecular complexity index is 1030. The van der Waals surface area contributed by atoms with Gasteiger partial charge in [-0.05, 0) is 42.3 Å². The topological polar surface area (TPSA) is 66.7 Å². The SMILES string of the molecule is O=C([O-])COCc1nc2ccccn2c1C#Cc1ccc(C(F)(F)F)cc1.[Na+]. The molecule has 0 spiro atoms. The maximum absolute atomic E-state index is 12.6. The van der Waals surface area contributed by atoms with Crippen LogP contribution in [0.5, 0.6) is 0 Å². The van der Waals surface area contributed by atoms with Gasteiger partial charge in [-0.3, -0.25) is 4.40 Å². The van der Waals surface area contributed by atoms with E-state index in [0.29, 0.717) is 22.6 Å². The van der Waals surface area contributed by atoms with E-state index in [1.807, 2.05) is 0 Å². The summed E-state index contributed by atoms with van der Waals surface area (Å²) in [6.45, 7) is -0.674. The summed E-state index contributed by atoms with van der Waals surface area (Å²) in [5.74, 6) is 4.32. The van der Waals surface area contributed by atoms with Gasteiger partial charge < -0.3 is 14.6 Å². The smallest absolute Gasteiger partial charge is 0.548 e. The summed E-state index contributed by atoms with van der Waals surface area (Å²) in [5.41, 5.74) is 1.11. The molecule has 0 N–H and O–H groups in total. The molecule has 138 valence electrons. The zero-order chi connectivity index (χ0) is 19.4. The van der Waals surface area contributed by atoms with Gasteiger partial charge in [-0.2, -0.15) is 13.2 Å². The van der Waals surface area contributed by atoms with E-state index in [2.05, 4.69) is 16.8 Å². The van der Waals surface area contributed by atoms with Crippen molar-refractivity contribution >= 4 is 11.6 Å². The molecule has 0 amide bonds. The van der Waals surface area contributed by atoms with E-state index in [-0.39, 0.29) is 36.2 Å². The predicted octanol–water partition coefficient (Wildman–Crippen LogP) is -0.977. The number of pyridine rings is 1. The number of hydrogen-bond donors (Lipinski definition) is 0. The van der Waals surface area contributed by atoms with Crippen LogP contribution in [-0.4, -0.2) is 22.0 Å². The largest absolute Gasteiger partial charge is 1.00 e. The molecule has 0 saturated carbocycles. The Morgan fingerprint density at radius 2 is 1.86 bits per heavy atom. The third-order valence-electron chi connectivity index (χ3n) is 3.60. The van der Waals surface area contributed by atoms with Crippen molar-refractivity contribution in [2.75, 3.05) is 6.61 Å². The average Bonchev–Trinajstić information content (AvgIpc) is 2.97. The van der Waals surface area contributed by atoms with Crippen molar-refractivity contribution in [2.24, 2.45) is 0 Å². The first-order valence-electron chi connectivity index (χ1n) is 7.77. The number of rotatable bonds is 4. The van der Waals surface area contributed by atoms with Crippen molar-refractivity contribution in [3.63, 3.8) is 0 Å². The summed E-state index contributed by atoms with van der Waals surface area (Å²) in [5, 5.41) is 10.5. The van der Waals surface area contributed by atoms with Crippen LogP contribution in [0, 0.1) is 11.8 Å². The summed E-state index contributed by atoms with van der Waals surface area (Å²) in [6, 6.07) is 9.78. The van der Waals surface area contributed by atoms with E-state index >= 15 is 0 Å². The van der Waals surface area contributed by atoms with E-state index in [0.717, 1.165) is 12.1 Å². The number of fused-ring (bicyclic) bond motifs is 1. The minimum Gasteiger partial charge on any atom is -0.548 e. The van der Waals surface area contributed by atoms with Gasteiger partial charge in [-0.15, -0.1) is 0 Å². The molecule has 0 aliphatic carbocycles. The van der Waals surface area contributed by atoms with Gasteiger partial charge in [-0.1, -0.05) is 12.0 Å². The average molecular weight is 396 g/mol. The van der Waals surface area contributed by atoms with Crippen molar-refractivity contribution in [1.82, 2.24) is 9.38 Å². The van der Waals surface area contributed by atoms with E-state index < -0.39 is 24.3 Å². The Morgan fingerprint density at radius 1 is 1.14 bits per heavy atom. The second-order valence-corrected chi connectivity index (χ2v) is 5.53. The van der Waals surface area contributed by atoms with Crippen molar-refractivity contribution in [3.05, 3.63) is 71.2 Å². The predicted molar refractivity (Wildman–Crippen MR) is 87.3 cm³/mol. The quantitative estimate of drug-likeness (QED) is 0.420. The standard InChI is InChI=1S/C19H13F3N2O3.Na/c20-19(21,22)14-7-4-13(5-8-14)6-9-16-15(11-27-12-18(25)26)23-17-3-1-2-10-24(16)17;/h1-5,7-8,10H,11-12H2,(H,25,26);/q;+1/p-1. The molecule has 0 saturated heterocycles. The van der Waals surface area contributed by atoms with Crippen LogP contribution in [0.15, 0.2) is 48.7 Å². The monoisotopic (exact) mass is 396 g/mol. The molecule has 0 aliphatic rings. The number of carbonyl (C=O) groups excluding carboxylic acids is 1. The number of aromatic nitrogens is 2. The number of nitrogens with zero attached hydrogens (tertiary/aromatic N) is 2. The van der Waals surface area contributed by atoms with Crippen LogP contribution in [0.3, 0.4) is 0 Å². The molecular weight excluding hydrogens is 384 g/mol. The van der Waals surface area contributed by atoms with E-state index in [4.69, 9.17) is 4.74 Å². The summed E-state index contributed by atoms with van der Waals surface area (Å²) in [4.78, 5) is 14.8. The van der Waals surface area contributed by atoms with Gasteiger partial charge in [0.05, 0.1) is 24.7 Å². The first-order valence-corrected chi connectivity index (χ1v) is 7.77. The van der Waals surface area contributed by atoms with Crippen LogP contribution in [0.4, 0.5) is 13.2 Å². The number of hydrogen-bond acceptors (Lipinski definition) is 4. The number of aliphatic carboxylic acids is 1. The molecule has 0 atom stereocenters. The number of halogens is 3. The fourth-order valence-corrected chi connectivity index (χ4v) is 2.38. The number of benzene rings is 1. The van der Waals surface area contributed by atoms with Crippen LogP contribution in [0.25, 0.3) is 5.65 Å². The van der Waals surface area contributed by atoms with Crippen molar-refractivity contribution < 1.29 is 57.4 Å². The van der Waals surface area contributed by atoms with Crippen LogP contribution in [0.1, 0.15) is 22.5 Å². The minimum atomic E-state index is -4.41. The van der Waals surface area contributed by atoms with E-state index in [9.17, 15) is 23.1 Å². The van der Waals surface area contributed by atoms with Crippen molar-refractivity contribution in [1.29, 1.82) is 0 Å². The molecule has 2 heterocycles. The fourth-order valence-electron chi connectivity index (χ4n) is 2.38. The maximum Gasteiger partial charge on any atom is 1.00 e. The molecule has 2 aromatic heterocycles. The Kier molecular flexibility index (Phi) is 7.27. The van der Waals surface area contributed by atoms with Gasteiger partial charge in [0, 0.05) is 11.8 Å². The van der Waals surface area contributed by atoms with Crippen LogP contribution in [0.2, 0.25) is 0 Å². The summed E-state index contributed by atoms with van der Waals surface area (Å²) < 4.78 is 44.6. The molecule has 9 heteroatoms. The summed E-state index contributed by atoms with van der Waals surface area (Å²) in [7, 11) is 0. The normalized spacial score (nSPS) is 10.8. The molecule has 3 rings (SSSR count). The summed E-state index contributed by atoms with van der Waals surface area (Å²) >= 11 is 0. The van der Waals surface area contributed by atoms with Crippen LogP contribution < -0.4 is 34.7 Å². The van der Waals surface area contributed by atoms with Crippen LogP contribution in [-0.2, 0) is 22.3 Å². The summed E-state index contributed by atoms with van der Waals surface area (Å²) in [6.07, 6.45) is -2.68. The minimum absolute atomic E-state index is 0. The Labute approximate surface area is 180 Å². The molecule has 1 aromatic carbocycles. The molecule has 3 aromatic rings. The molecule has 0 radical (unpaired) electrons. The first kappa shape index (κ1) is 22.0. The number of imidazole rings is 1. The zero-order valence-electron chi connectivity index (χ0n) is 14.8. The van der Waals surface area contributed by atoms with Crippen LogP contribution >= 0.6 is 0 Å². The Hall–Kier alpha value is -2.31.